The van der Waals surface area contributed by atoms with Gasteiger partial charge >= 0.3 is 0 Å². The van der Waals surface area contributed by atoms with Gasteiger partial charge in [0.15, 0.2) is 5.69 Å². The van der Waals surface area contributed by atoms with Gasteiger partial charge in [0, 0.05) is 6.54 Å². The van der Waals surface area contributed by atoms with Crippen molar-refractivity contribution in [3.8, 4) is 0 Å². The molecule has 1 saturated heterocycles. The number of hydrogen-bond donors (Lipinski definition) is 2. The van der Waals surface area contributed by atoms with Gasteiger partial charge in [-0.1, -0.05) is 18.1 Å². The minimum absolute atomic E-state index is 0.0802. The molecule has 0 bridgehead atoms. The molecule has 20 heavy (non-hydrogen) atoms. The first-order valence-corrected chi connectivity index (χ1v) is 7.66. The molecule has 3 rings (SSSR count). The summed E-state index contributed by atoms with van der Waals surface area (Å²) in [7, 11) is 0. The van der Waals surface area contributed by atoms with Crippen LogP contribution in [-0.4, -0.2) is 40.5 Å². The number of aromatic nitrogens is 3. The summed E-state index contributed by atoms with van der Waals surface area (Å²) in [6, 6.07) is 0.372. The van der Waals surface area contributed by atoms with Crippen LogP contribution < -0.4 is 10.6 Å². The Morgan fingerprint density at radius 1 is 1.35 bits per heavy atom. The number of carbonyl (C=O) groups excluding carboxylic acids is 1. The molecule has 1 aromatic rings. The average Bonchev–Trinajstić information content (AvgIpc) is 3.21. The fraction of sp³-hybridized carbons (Fsp3) is 0.786. The standard InChI is InChI=1S/C14H23N5O/c1-10-13(14(20)16-9-4-11-2-3-11)17-18-19(10)12-5-7-15-8-6-12/h11-12,15H,2-9H2,1H3,(H,16,20). The molecule has 2 fully saturated rings. The van der Waals surface area contributed by atoms with Gasteiger partial charge in [-0.15, -0.1) is 5.10 Å². The third kappa shape index (κ3) is 3.00. The number of carbonyl (C=O) groups is 1. The van der Waals surface area contributed by atoms with E-state index >= 15 is 0 Å². The van der Waals surface area contributed by atoms with Gasteiger partial charge in [-0.25, -0.2) is 4.68 Å². The highest BCUT2D eigenvalue weighted by atomic mass is 16.2. The number of piperidine rings is 1. The number of rotatable bonds is 5. The van der Waals surface area contributed by atoms with Gasteiger partial charge in [0.25, 0.3) is 5.91 Å². The highest BCUT2D eigenvalue weighted by Crippen LogP contribution is 2.31. The quantitative estimate of drug-likeness (QED) is 0.843. The third-order valence-electron chi connectivity index (χ3n) is 4.33. The third-order valence-corrected chi connectivity index (χ3v) is 4.33. The SMILES string of the molecule is Cc1c(C(=O)NCCC2CC2)nnn1C1CCNCC1. The molecule has 0 unspecified atom stereocenters. The monoisotopic (exact) mass is 277 g/mol. The Kier molecular flexibility index (Phi) is 4.00. The van der Waals surface area contributed by atoms with E-state index in [9.17, 15) is 4.79 Å². The Morgan fingerprint density at radius 2 is 2.10 bits per heavy atom. The van der Waals surface area contributed by atoms with Gasteiger partial charge in [0.05, 0.1) is 11.7 Å². The van der Waals surface area contributed by atoms with E-state index in [4.69, 9.17) is 0 Å². The van der Waals surface area contributed by atoms with E-state index in [1.165, 1.54) is 12.8 Å². The second-order valence-corrected chi connectivity index (χ2v) is 5.94. The molecule has 2 heterocycles. The molecular weight excluding hydrogens is 254 g/mol. The molecule has 0 atom stereocenters. The Balaban J connectivity index is 1.60. The molecule has 110 valence electrons. The van der Waals surface area contributed by atoms with E-state index in [1.54, 1.807) is 0 Å². The summed E-state index contributed by atoms with van der Waals surface area (Å²) >= 11 is 0. The minimum atomic E-state index is -0.0802. The zero-order valence-corrected chi connectivity index (χ0v) is 12.1. The summed E-state index contributed by atoms with van der Waals surface area (Å²) in [5.41, 5.74) is 1.38. The minimum Gasteiger partial charge on any atom is -0.351 e. The van der Waals surface area contributed by atoms with E-state index in [2.05, 4.69) is 20.9 Å². The maximum Gasteiger partial charge on any atom is 0.273 e. The normalized spacial score (nSPS) is 20.1. The largest absolute Gasteiger partial charge is 0.351 e. The topological polar surface area (TPSA) is 71.8 Å². The van der Waals surface area contributed by atoms with Gasteiger partial charge < -0.3 is 10.6 Å². The van der Waals surface area contributed by atoms with Crippen LogP contribution in [0.25, 0.3) is 0 Å². The second kappa shape index (κ2) is 5.91. The van der Waals surface area contributed by atoms with Crippen LogP contribution in [0.2, 0.25) is 0 Å². The molecule has 1 saturated carbocycles. The van der Waals surface area contributed by atoms with Crippen LogP contribution in [0.1, 0.15) is 54.3 Å². The van der Waals surface area contributed by atoms with Crippen molar-refractivity contribution in [1.29, 1.82) is 0 Å². The van der Waals surface area contributed by atoms with Crippen LogP contribution in [-0.2, 0) is 0 Å². The van der Waals surface area contributed by atoms with Crippen LogP contribution in [0.15, 0.2) is 0 Å². The predicted molar refractivity (Wildman–Crippen MR) is 75.6 cm³/mol. The molecule has 1 aliphatic carbocycles. The first-order chi connectivity index (χ1) is 9.75. The van der Waals surface area contributed by atoms with Crippen molar-refractivity contribution in [2.24, 2.45) is 5.92 Å². The van der Waals surface area contributed by atoms with Crippen molar-refractivity contribution in [2.45, 2.75) is 45.1 Å². The lowest BCUT2D eigenvalue weighted by Crippen LogP contribution is -2.30. The second-order valence-electron chi connectivity index (χ2n) is 5.94. The van der Waals surface area contributed by atoms with Crippen molar-refractivity contribution in [3.63, 3.8) is 0 Å². The molecule has 2 aliphatic rings. The van der Waals surface area contributed by atoms with Crippen molar-refractivity contribution in [3.05, 3.63) is 11.4 Å². The first kappa shape index (κ1) is 13.5. The fourth-order valence-electron chi connectivity index (χ4n) is 2.83. The maximum absolute atomic E-state index is 12.1. The zero-order valence-electron chi connectivity index (χ0n) is 12.1. The first-order valence-electron chi connectivity index (χ1n) is 7.66. The fourth-order valence-corrected chi connectivity index (χ4v) is 2.83. The molecule has 0 aromatic carbocycles. The van der Waals surface area contributed by atoms with Gasteiger partial charge in [-0.3, -0.25) is 4.79 Å². The lowest BCUT2D eigenvalue weighted by Gasteiger charge is -2.23. The van der Waals surface area contributed by atoms with E-state index in [0.717, 1.165) is 50.5 Å². The predicted octanol–water partition coefficient (Wildman–Crippen LogP) is 1.04. The van der Waals surface area contributed by atoms with E-state index < -0.39 is 0 Å². The van der Waals surface area contributed by atoms with E-state index in [1.807, 2.05) is 11.6 Å². The highest BCUT2D eigenvalue weighted by Gasteiger charge is 2.24. The van der Waals surface area contributed by atoms with Gasteiger partial charge in [-0.05, 0) is 45.2 Å². The molecule has 1 aromatic heterocycles. The lowest BCUT2D eigenvalue weighted by molar-refractivity contribution is 0.0947. The van der Waals surface area contributed by atoms with Crippen LogP contribution in [0.5, 0.6) is 0 Å². The van der Waals surface area contributed by atoms with Gasteiger partial charge in [0.1, 0.15) is 0 Å². The van der Waals surface area contributed by atoms with Gasteiger partial charge in [0.2, 0.25) is 0 Å². The summed E-state index contributed by atoms with van der Waals surface area (Å²) in [5, 5.41) is 14.6. The molecule has 0 radical (unpaired) electrons. The summed E-state index contributed by atoms with van der Waals surface area (Å²) in [5.74, 6) is 0.755. The molecule has 1 amide bonds. The number of nitrogens with one attached hydrogen (secondary N) is 2. The van der Waals surface area contributed by atoms with Crippen LogP contribution in [0.3, 0.4) is 0 Å². The van der Waals surface area contributed by atoms with Crippen molar-refractivity contribution >= 4 is 5.91 Å². The smallest absolute Gasteiger partial charge is 0.273 e. The molecule has 6 nitrogen and oxygen atoms in total. The number of nitrogens with zero attached hydrogens (tertiary/aromatic N) is 3. The zero-order chi connectivity index (χ0) is 13.9. The van der Waals surface area contributed by atoms with Crippen molar-refractivity contribution in [1.82, 2.24) is 25.6 Å². The van der Waals surface area contributed by atoms with Crippen LogP contribution >= 0.6 is 0 Å². The Hall–Kier alpha value is -1.43. The maximum atomic E-state index is 12.1. The summed E-state index contributed by atoms with van der Waals surface area (Å²) in [6.45, 7) is 4.71. The summed E-state index contributed by atoms with van der Waals surface area (Å²) < 4.78 is 1.93. The van der Waals surface area contributed by atoms with Crippen molar-refractivity contribution < 1.29 is 4.79 Å². The van der Waals surface area contributed by atoms with Crippen LogP contribution in [0, 0.1) is 12.8 Å². The Morgan fingerprint density at radius 3 is 2.80 bits per heavy atom. The molecule has 6 heteroatoms. The van der Waals surface area contributed by atoms with Gasteiger partial charge in [-0.2, -0.15) is 0 Å². The molecule has 1 aliphatic heterocycles. The Bertz CT molecular complexity index is 474. The van der Waals surface area contributed by atoms with Crippen LogP contribution in [0.4, 0.5) is 0 Å². The van der Waals surface area contributed by atoms with E-state index in [0.29, 0.717) is 11.7 Å². The lowest BCUT2D eigenvalue weighted by atomic mass is 10.1. The van der Waals surface area contributed by atoms with E-state index in [-0.39, 0.29) is 5.91 Å². The summed E-state index contributed by atoms with van der Waals surface area (Å²) in [6.07, 6.45) is 5.83. The highest BCUT2D eigenvalue weighted by molar-refractivity contribution is 5.93. The average molecular weight is 277 g/mol. The molecular formula is C14H23N5O. The summed E-state index contributed by atoms with van der Waals surface area (Å²) in [4.78, 5) is 12.1. The number of amides is 1. The molecule has 2 N–H and O–H groups in total. The molecule has 0 spiro atoms. The number of hydrogen-bond acceptors (Lipinski definition) is 4. The Labute approximate surface area is 119 Å². The van der Waals surface area contributed by atoms with Crippen molar-refractivity contribution in [2.75, 3.05) is 19.6 Å².